The van der Waals surface area contributed by atoms with Crippen molar-refractivity contribution in [3.8, 4) is 0 Å². The molecule has 2 fully saturated rings. The first kappa shape index (κ1) is 91.2. The van der Waals surface area contributed by atoms with Gasteiger partial charge in [-0.25, -0.2) is 0 Å². The van der Waals surface area contributed by atoms with Crippen LogP contribution in [0.5, 0.6) is 0 Å². The van der Waals surface area contributed by atoms with Gasteiger partial charge in [0.25, 0.3) is 0 Å². The molecule has 0 bridgehead atoms. The fourth-order valence-corrected chi connectivity index (χ4v) is 3.18. The minimum atomic E-state index is 0.935. The second-order valence-electron chi connectivity index (χ2n) is 10.2. The maximum atomic E-state index is 2.28. The van der Waals surface area contributed by atoms with Gasteiger partial charge in [-0.3, -0.25) is 0 Å². The van der Waals surface area contributed by atoms with Gasteiger partial charge in [0, 0.05) is 0 Å². The summed E-state index contributed by atoms with van der Waals surface area (Å²) in [5.74, 6) is 0.935. The van der Waals surface area contributed by atoms with Crippen LogP contribution in [0, 0.1) is 5.92 Å². The zero-order valence-electron chi connectivity index (χ0n) is 46.5. The molecule has 0 saturated heterocycles. The van der Waals surface area contributed by atoms with Crippen LogP contribution in [0.15, 0.2) is 72.8 Å². The molecule has 0 heterocycles. The number of hydrogen-bond acceptors (Lipinski definition) is 0. The summed E-state index contributed by atoms with van der Waals surface area (Å²) in [4.78, 5) is 0. The van der Waals surface area contributed by atoms with E-state index in [1.807, 2.05) is 211 Å². The lowest BCUT2D eigenvalue weighted by Gasteiger charge is -2.05. The van der Waals surface area contributed by atoms with Gasteiger partial charge in [0.05, 0.1) is 0 Å². The average molecular weight is 814 g/mol. The van der Waals surface area contributed by atoms with Crippen LogP contribution in [0.25, 0.3) is 0 Å². The molecule has 0 heteroatoms. The first-order valence-electron chi connectivity index (χ1n) is 26.1. The molecule has 2 saturated carbocycles. The van der Waals surface area contributed by atoms with Gasteiger partial charge >= 0.3 is 0 Å². The highest BCUT2D eigenvalue weighted by Crippen LogP contribution is 2.15. The van der Waals surface area contributed by atoms with Crippen molar-refractivity contribution in [1.29, 1.82) is 0 Å². The summed E-state index contributed by atoms with van der Waals surface area (Å²) in [5, 5.41) is 0. The first-order chi connectivity index (χ1) is 28.1. The van der Waals surface area contributed by atoms with Crippen molar-refractivity contribution in [3.05, 3.63) is 72.8 Å². The predicted octanol–water partition coefficient (Wildman–Crippen LogP) is 24.0. The second kappa shape index (κ2) is 168. The van der Waals surface area contributed by atoms with E-state index in [4.69, 9.17) is 0 Å². The zero-order valence-corrected chi connectivity index (χ0v) is 46.5. The third-order valence-electron chi connectivity index (χ3n) is 6.23. The van der Waals surface area contributed by atoms with Crippen LogP contribution in [-0.4, -0.2) is 0 Å². The molecule has 0 atom stereocenters. The van der Waals surface area contributed by atoms with Crippen LogP contribution in [-0.2, 0) is 0 Å². The summed E-state index contributed by atoms with van der Waals surface area (Å²) >= 11 is 0. The summed E-state index contributed by atoms with van der Waals surface area (Å²) < 4.78 is 0. The molecule has 0 nitrogen and oxygen atoms in total. The summed E-state index contributed by atoms with van der Waals surface area (Å²) in [6.45, 7) is 55.3. The van der Waals surface area contributed by atoms with E-state index < -0.39 is 0 Å². The smallest absolute Gasteiger partial charge is 0.0448 e. The van der Waals surface area contributed by atoms with E-state index in [0.29, 0.717) is 0 Å². The Balaban J connectivity index is -0.0000000338. The molecule has 57 heavy (non-hydrogen) atoms. The minimum Gasteiger partial charge on any atom is -0.0683 e. The maximum Gasteiger partial charge on any atom is -0.0448 e. The number of hydrogen-bond donors (Lipinski definition) is 0. The molecule has 0 unspecified atom stereocenters. The quantitative estimate of drug-likeness (QED) is 0.290. The van der Waals surface area contributed by atoms with E-state index in [-0.39, 0.29) is 0 Å². The van der Waals surface area contributed by atoms with E-state index in [9.17, 15) is 0 Å². The van der Waals surface area contributed by atoms with Gasteiger partial charge in [-0.15, -0.1) is 0 Å². The lowest BCUT2D eigenvalue weighted by atomic mass is 10.0. The molecular formula is C57H128. The van der Waals surface area contributed by atoms with Crippen LogP contribution in [0.1, 0.15) is 296 Å². The Hall–Kier alpha value is -1.56. The van der Waals surface area contributed by atoms with Crippen LogP contribution >= 0.6 is 0 Å². The Kier molecular flexibility index (Phi) is 269. The molecule has 0 amide bonds. The number of rotatable bonds is 3. The van der Waals surface area contributed by atoms with Crippen molar-refractivity contribution in [2.24, 2.45) is 5.92 Å². The zero-order chi connectivity index (χ0) is 48.1. The van der Waals surface area contributed by atoms with Gasteiger partial charge < -0.3 is 0 Å². The summed E-state index contributed by atoms with van der Waals surface area (Å²) in [6.07, 6.45) is 24.5. The summed E-state index contributed by atoms with van der Waals surface area (Å²) in [7, 11) is 0. The standard InChI is InChI=1S/2C6H12.2C6H6.C6H14.C4H10.C3H8.10C2H6/c4*1-2-4-6-5-3-1;1-4-6(3)5-2;1-3-4-2;1-3-2;10*1-2/h2*1-6H2;2*1-6H;6H,4-5H2,1-3H3;3-4H2,1-2H3;3H2,1-2H3;10*1-2H3. The molecule has 2 aliphatic rings. The molecule has 0 radical (unpaired) electrons. The third kappa shape index (κ3) is 199. The molecule has 0 N–H and O–H groups in total. The van der Waals surface area contributed by atoms with Gasteiger partial charge in [0.2, 0.25) is 0 Å². The average Bonchev–Trinajstić information content (AvgIpc) is 3.38. The Morgan fingerprint density at radius 1 is 0.246 bits per heavy atom. The molecule has 0 spiro atoms. The van der Waals surface area contributed by atoms with Crippen LogP contribution < -0.4 is 0 Å². The molecule has 2 aromatic carbocycles. The summed E-state index contributed by atoms with van der Waals surface area (Å²) in [6, 6.07) is 24.0. The first-order valence-corrected chi connectivity index (χ1v) is 26.1. The van der Waals surface area contributed by atoms with Gasteiger partial charge in [0.1, 0.15) is 0 Å². The largest absolute Gasteiger partial charge is 0.0683 e. The van der Waals surface area contributed by atoms with Crippen molar-refractivity contribution in [3.63, 3.8) is 0 Å². The highest BCUT2D eigenvalue weighted by Gasteiger charge is 1.96. The predicted molar refractivity (Wildman–Crippen MR) is 288 cm³/mol. The van der Waals surface area contributed by atoms with Crippen LogP contribution in [0.4, 0.5) is 0 Å². The molecule has 2 aliphatic carbocycles. The van der Waals surface area contributed by atoms with E-state index >= 15 is 0 Å². The van der Waals surface area contributed by atoms with Crippen LogP contribution in [0.2, 0.25) is 0 Å². The molecule has 0 aromatic heterocycles. The van der Waals surface area contributed by atoms with E-state index in [2.05, 4.69) is 48.5 Å². The fourth-order valence-electron chi connectivity index (χ4n) is 3.18. The van der Waals surface area contributed by atoms with Crippen LogP contribution in [0.3, 0.4) is 0 Å². The summed E-state index contributed by atoms with van der Waals surface area (Å²) in [5.41, 5.74) is 0. The van der Waals surface area contributed by atoms with Crippen molar-refractivity contribution in [2.45, 2.75) is 296 Å². The molecule has 2 aromatic rings. The van der Waals surface area contributed by atoms with Gasteiger partial charge in [-0.2, -0.15) is 0 Å². The molecule has 0 aliphatic heterocycles. The van der Waals surface area contributed by atoms with E-state index in [1.54, 1.807) is 0 Å². The maximum absolute atomic E-state index is 2.28. The fraction of sp³-hybridized carbons (Fsp3) is 0.789. The van der Waals surface area contributed by atoms with Gasteiger partial charge in [0.15, 0.2) is 0 Å². The topological polar surface area (TPSA) is 0 Å². The SMILES string of the molecule is C1CCCCC1.C1CCCCC1.CC.CC.CC.CC.CC.CC.CC.CC.CC.CC.CCC.CCC(C)CC.CCCC.c1ccccc1.c1ccccc1. The third-order valence-corrected chi connectivity index (χ3v) is 6.23. The van der Waals surface area contributed by atoms with E-state index in [1.165, 1.54) is 109 Å². The van der Waals surface area contributed by atoms with Gasteiger partial charge in [-0.05, 0) is 5.92 Å². The highest BCUT2D eigenvalue weighted by atomic mass is 14.0. The van der Waals surface area contributed by atoms with Crippen molar-refractivity contribution >= 4 is 0 Å². The van der Waals surface area contributed by atoms with Crippen molar-refractivity contribution in [2.75, 3.05) is 0 Å². The number of benzene rings is 2. The van der Waals surface area contributed by atoms with Gasteiger partial charge in [-0.1, -0.05) is 369 Å². The Labute approximate surface area is 373 Å². The minimum absolute atomic E-state index is 0.935. The molecule has 4 rings (SSSR count). The molecular weight excluding hydrogens is 685 g/mol. The van der Waals surface area contributed by atoms with Crippen molar-refractivity contribution in [1.82, 2.24) is 0 Å². The highest BCUT2D eigenvalue weighted by molar-refractivity contribution is 4.99. The van der Waals surface area contributed by atoms with Crippen molar-refractivity contribution < 1.29 is 0 Å². The molecule has 356 valence electrons. The van der Waals surface area contributed by atoms with E-state index in [0.717, 1.165) is 5.92 Å². The Morgan fingerprint density at radius 2 is 0.333 bits per heavy atom. The number of unbranched alkanes of at least 4 members (excludes halogenated alkanes) is 1. The monoisotopic (exact) mass is 813 g/mol. The second-order valence-corrected chi connectivity index (χ2v) is 10.2. The normalized spacial score (nSPS) is 9.68. The lowest BCUT2D eigenvalue weighted by Crippen LogP contribution is -1.85. The lowest BCUT2D eigenvalue weighted by molar-refractivity contribution is 0.504. The Bertz CT molecular complexity index is 399. The Morgan fingerprint density at radius 3 is 0.368 bits per heavy atom.